The fraction of sp³-hybridized carbons (Fsp3) is 0.643. The van der Waals surface area contributed by atoms with Gasteiger partial charge in [0.05, 0.1) is 4.90 Å². The lowest BCUT2D eigenvalue weighted by Gasteiger charge is -2.27. The monoisotopic (exact) mass is 297 g/mol. The van der Waals surface area contributed by atoms with E-state index in [-0.39, 0.29) is 10.3 Å². The quantitative estimate of drug-likeness (QED) is 0.845. The lowest BCUT2D eigenvalue weighted by Crippen LogP contribution is -2.35. The number of nitrogens with one attached hydrogen (secondary N) is 2. The molecule has 0 radical (unpaired) electrons. The highest BCUT2D eigenvalue weighted by atomic mass is 32.2. The Bertz CT molecular complexity index is 551. The van der Waals surface area contributed by atoms with E-state index in [4.69, 9.17) is 0 Å². The Kier molecular flexibility index (Phi) is 4.65. The Balaban J connectivity index is 2.10. The molecule has 1 aliphatic carbocycles. The number of aromatic nitrogens is 1. The van der Waals surface area contributed by atoms with Crippen LogP contribution in [0.1, 0.15) is 39.0 Å². The van der Waals surface area contributed by atoms with Crippen LogP contribution in [0, 0.1) is 5.41 Å². The Morgan fingerprint density at radius 2 is 2.05 bits per heavy atom. The molecule has 0 atom stereocenters. The van der Waals surface area contributed by atoms with Crippen LogP contribution in [0.3, 0.4) is 0 Å². The second-order valence-electron chi connectivity index (χ2n) is 5.51. The van der Waals surface area contributed by atoms with Gasteiger partial charge < -0.3 is 5.32 Å². The van der Waals surface area contributed by atoms with Crippen molar-refractivity contribution in [2.75, 3.05) is 18.9 Å². The first kappa shape index (κ1) is 15.3. The SMILES string of the molecule is CCC1(CNS(=O)(=O)c2ccnc(NC)c2)CCCC1. The maximum Gasteiger partial charge on any atom is 0.240 e. The zero-order valence-electron chi connectivity index (χ0n) is 12.1. The third-order valence-corrected chi connectivity index (χ3v) is 5.75. The van der Waals surface area contributed by atoms with Crippen LogP contribution in [0.25, 0.3) is 0 Å². The third kappa shape index (κ3) is 3.30. The number of anilines is 1. The minimum absolute atomic E-state index is 0.145. The van der Waals surface area contributed by atoms with Gasteiger partial charge in [-0.2, -0.15) is 0 Å². The number of hydrogen-bond donors (Lipinski definition) is 2. The summed E-state index contributed by atoms with van der Waals surface area (Å²) in [4.78, 5) is 4.30. The molecule has 2 rings (SSSR count). The van der Waals surface area contributed by atoms with Crippen molar-refractivity contribution in [1.82, 2.24) is 9.71 Å². The molecule has 1 heterocycles. The molecule has 0 bridgehead atoms. The number of sulfonamides is 1. The molecule has 1 aromatic rings. The second kappa shape index (κ2) is 6.10. The van der Waals surface area contributed by atoms with Gasteiger partial charge in [-0.1, -0.05) is 19.8 Å². The standard InChI is InChI=1S/C14H23N3O2S/c1-3-14(7-4-5-8-14)11-17-20(18,19)12-6-9-16-13(10-12)15-2/h6,9-10,17H,3-5,7-8,11H2,1-2H3,(H,15,16). The average Bonchev–Trinajstić information content (AvgIpc) is 2.95. The Labute approximate surface area is 121 Å². The first-order chi connectivity index (χ1) is 9.51. The summed E-state index contributed by atoms with van der Waals surface area (Å²) in [5.74, 6) is 0.555. The van der Waals surface area contributed by atoms with Crippen molar-refractivity contribution in [3.8, 4) is 0 Å². The van der Waals surface area contributed by atoms with Crippen LogP contribution in [0.15, 0.2) is 23.2 Å². The van der Waals surface area contributed by atoms with Crippen LogP contribution >= 0.6 is 0 Å². The first-order valence-corrected chi connectivity index (χ1v) is 8.63. The molecule has 5 nitrogen and oxygen atoms in total. The number of hydrogen-bond acceptors (Lipinski definition) is 4. The van der Waals surface area contributed by atoms with Gasteiger partial charge in [0.25, 0.3) is 0 Å². The normalized spacial score (nSPS) is 18.1. The van der Waals surface area contributed by atoms with Crippen LogP contribution in [0.5, 0.6) is 0 Å². The average molecular weight is 297 g/mol. The Morgan fingerprint density at radius 1 is 1.35 bits per heavy atom. The smallest absolute Gasteiger partial charge is 0.240 e. The molecular formula is C14H23N3O2S. The van der Waals surface area contributed by atoms with Gasteiger partial charge in [0.1, 0.15) is 5.82 Å². The molecule has 1 fully saturated rings. The summed E-state index contributed by atoms with van der Waals surface area (Å²) in [6, 6.07) is 3.08. The van der Waals surface area contributed by atoms with Crippen molar-refractivity contribution in [2.24, 2.45) is 5.41 Å². The second-order valence-corrected chi connectivity index (χ2v) is 7.28. The van der Waals surface area contributed by atoms with Crippen LogP contribution in [-0.2, 0) is 10.0 Å². The molecule has 20 heavy (non-hydrogen) atoms. The fourth-order valence-corrected chi connectivity index (χ4v) is 4.00. The van der Waals surface area contributed by atoms with Gasteiger partial charge in [-0.25, -0.2) is 18.1 Å². The molecule has 1 aliphatic rings. The van der Waals surface area contributed by atoms with Crippen LogP contribution < -0.4 is 10.0 Å². The van der Waals surface area contributed by atoms with Gasteiger partial charge in [-0.3, -0.25) is 0 Å². The highest BCUT2D eigenvalue weighted by molar-refractivity contribution is 7.89. The van der Waals surface area contributed by atoms with Crippen molar-refractivity contribution in [3.63, 3.8) is 0 Å². The summed E-state index contributed by atoms with van der Waals surface area (Å²) in [6.07, 6.45) is 7.16. The largest absolute Gasteiger partial charge is 0.373 e. The molecule has 0 amide bonds. The van der Waals surface area contributed by atoms with Crippen LogP contribution in [-0.4, -0.2) is 27.0 Å². The summed E-state index contributed by atoms with van der Waals surface area (Å²) in [5.41, 5.74) is 0.145. The Morgan fingerprint density at radius 3 is 2.65 bits per heavy atom. The zero-order valence-corrected chi connectivity index (χ0v) is 13.0. The Hall–Kier alpha value is -1.14. The van der Waals surface area contributed by atoms with Crippen molar-refractivity contribution in [1.29, 1.82) is 0 Å². The molecule has 0 spiro atoms. The number of nitrogens with zero attached hydrogens (tertiary/aromatic N) is 1. The molecule has 0 saturated heterocycles. The predicted molar refractivity (Wildman–Crippen MR) is 80.2 cm³/mol. The van der Waals surface area contributed by atoms with Crippen LogP contribution in [0.4, 0.5) is 5.82 Å². The van der Waals surface area contributed by atoms with Crippen molar-refractivity contribution >= 4 is 15.8 Å². The molecule has 0 aromatic carbocycles. The minimum Gasteiger partial charge on any atom is -0.373 e. The van der Waals surface area contributed by atoms with E-state index in [1.54, 1.807) is 13.1 Å². The molecule has 1 saturated carbocycles. The molecule has 2 N–H and O–H groups in total. The maximum atomic E-state index is 12.3. The van der Waals surface area contributed by atoms with E-state index < -0.39 is 10.0 Å². The van der Waals surface area contributed by atoms with E-state index in [2.05, 4.69) is 21.9 Å². The molecule has 0 aliphatic heterocycles. The summed E-state index contributed by atoms with van der Waals surface area (Å²) < 4.78 is 27.5. The lowest BCUT2D eigenvalue weighted by atomic mass is 9.84. The van der Waals surface area contributed by atoms with Gasteiger partial charge in [0.15, 0.2) is 0 Å². The maximum absolute atomic E-state index is 12.3. The van der Waals surface area contributed by atoms with Crippen LogP contribution in [0.2, 0.25) is 0 Å². The van der Waals surface area contributed by atoms with E-state index in [9.17, 15) is 8.42 Å². The highest BCUT2D eigenvalue weighted by Crippen LogP contribution is 2.40. The zero-order chi connectivity index (χ0) is 14.6. The van der Waals surface area contributed by atoms with Crippen molar-refractivity contribution in [2.45, 2.75) is 43.9 Å². The van der Waals surface area contributed by atoms with Gasteiger partial charge in [0.2, 0.25) is 10.0 Å². The van der Waals surface area contributed by atoms with E-state index in [0.29, 0.717) is 12.4 Å². The summed E-state index contributed by atoms with van der Waals surface area (Å²) in [7, 11) is -1.74. The van der Waals surface area contributed by atoms with Gasteiger partial charge in [-0.05, 0) is 30.7 Å². The topological polar surface area (TPSA) is 71.1 Å². The molecule has 6 heteroatoms. The van der Waals surface area contributed by atoms with Crippen molar-refractivity contribution < 1.29 is 8.42 Å². The molecule has 1 aromatic heterocycles. The summed E-state index contributed by atoms with van der Waals surface area (Å²) in [5, 5.41) is 2.85. The highest BCUT2D eigenvalue weighted by Gasteiger charge is 2.33. The van der Waals surface area contributed by atoms with Gasteiger partial charge in [-0.15, -0.1) is 0 Å². The van der Waals surface area contributed by atoms with E-state index in [1.807, 2.05) is 0 Å². The summed E-state index contributed by atoms with van der Waals surface area (Å²) >= 11 is 0. The van der Waals surface area contributed by atoms with Crippen molar-refractivity contribution in [3.05, 3.63) is 18.3 Å². The minimum atomic E-state index is -3.46. The van der Waals surface area contributed by atoms with Gasteiger partial charge in [0, 0.05) is 25.9 Å². The number of rotatable bonds is 6. The fourth-order valence-electron chi connectivity index (χ4n) is 2.83. The predicted octanol–water partition coefficient (Wildman–Crippen LogP) is 2.37. The van der Waals surface area contributed by atoms with E-state index >= 15 is 0 Å². The third-order valence-electron chi connectivity index (χ3n) is 4.35. The molecular weight excluding hydrogens is 274 g/mol. The lowest BCUT2D eigenvalue weighted by molar-refractivity contribution is 0.285. The molecule has 0 unspecified atom stereocenters. The first-order valence-electron chi connectivity index (χ1n) is 7.15. The molecule has 112 valence electrons. The van der Waals surface area contributed by atoms with E-state index in [0.717, 1.165) is 19.3 Å². The van der Waals surface area contributed by atoms with Gasteiger partial charge >= 0.3 is 0 Å². The summed E-state index contributed by atoms with van der Waals surface area (Å²) in [6.45, 7) is 2.67. The van der Waals surface area contributed by atoms with E-state index in [1.165, 1.54) is 25.1 Å². The number of pyridine rings is 1.